The second kappa shape index (κ2) is 6.64. The first kappa shape index (κ1) is 15.3. The number of carbonyl (C=O) groups is 1. The molecule has 0 bridgehead atoms. The van der Waals surface area contributed by atoms with Gasteiger partial charge in [-0.15, -0.1) is 11.3 Å². The molecule has 2 fully saturated rings. The van der Waals surface area contributed by atoms with E-state index in [0.717, 1.165) is 56.4 Å². The summed E-state index contributed by atoms with van der Waals surface area (Å²) in [4.78, 5) is 22.6. The van der Waals surface area contributed by atoms with Gasteiger partial charge in [-0.25, -0.2) is 4.98 Å². The number of thiazole rings is 1. The third-order valence-corrected chi connectivity index (χ3v) is 5.31. The highest BCUT2D eigenvalue weighted by molar-refractivity contribution is 7.09. The molecule has 1 amide bonds. The maximum Gasteiger partial charge on any atom is 0.220 e. The number of nitrogens with one attached hydrogen (secondary N) is 2. The van der Waals surface area contributed by atoms with E-state index >= 15 is 0 Å². The Labute approximate surface area is 135 Å². The molecule has 0 aromatic carbocycles. The van der Waals surface area contributed by atoms with Crippen molar-refractivity contribution in [3.05, 3.63) is 16.6 Å². The van der Waals surface area contributed by atoms with Gasteiger partial charge in [0, 0.05) is 63.1 Å². The number of aromatic nitrogens is 1. The molecule has 1 unspecified atom stereocenters. The molecule has 0 saturated carbocycles. The predicted molar refractivity (Wildman–Crippen MR) is 88.0 cm³/mol. The van der Waals surface area contributed by atoms with Crippen molar-refractivity contribution in [1.29, 1.82) is 0 Å². The Kier molecular flexibility index (Phi) is 4.61. The number of aliphatic imine (C=N–C) groups is 1. The molecule has 3 rings (SSSR count). The van der Waals surface area contributed by atoms with Crippen LogP contribution in [0.15, 0.2) is 16.6 Å². The number of hydrogen-bond acceptors (Lipinski definition) is 4. The van der Waals surface area contributed by atoms with E-state index in [0.29, 0.717) is 6.42 Å². The van der Waals surface area contributed by atoms with E-state index in [4.69, 9.17) is 0 Å². The molecule has 1 atom stereocenters. The Morgan fingerprint density at radius 3 is 3.23 bits per heavy atom. The van der Waals surface area contributed by atoms with Crippen LogP contribution < -0.4 is 10.6 Å². The van der Waals surface area contributed by atoms with Gasteiger partial charge in [0.05, 0.1) is 5.01 Å². The average molecular weight is 321 g/mol. The fourth-order valence-corrected chi connectivity index (χ4v) is 4.04. The van der Waals surface area contributed by atoms with E-state index in [1.165, 1.54) is 0 Å². The summed E-state index contributed by atoms with van der Waals surface area (Å²) in [6.07, 6.45) is 5.64. The van der Waals surface area contributed by atoms with E-state index < -0.39 is 0 Å². The van der Waals surface area contributed by atoms with Crippen LogP contribution in [0.4, 0.5) is 0 Å². The molecule has 0 aliphatic carbocycles. The summed E-state index contributed by atoms with van der Waals surface area (Å²) in [6, 6.07) is 0. The third kappa shape index (κ3) is 3.40. The maximum atomic E-state index is 11.6. The van der Waals surface area contributed by atoms with E-state index in [9.17, 15) is 4.79 Å². The van der Waals surface area contributed by atoms with Gasteiger partial charge in [0.25, 0.3) is 0 Å². The Morgan fingerprint density at radius 2 is 2.55 bits per heavy atom. The normalized spacial score (nSPS) is 25.6. The van der Waals surface area contributed by atoms with Crippen molar-refractivity contribution in [1.82, 2.24) is 20.5 Å². The van der Waals surface area contributed by atoms with Crippen molar-refractivity contribution in [2.75, 3.05) is 33.2 Å². The Balaban J connectivity index is 1.55. The number of piperidine rings is 1. The Hall–Kier alpha value is -1.63. The van der Waals surface area contributed by atoms with E-state index in [-0.39, 0.29) is 11.3 Å². The van der Waals surface area contributed by atoms with Crippen LogP contribution in [0.3, 0.4) is 0 Å². The van der Waals surface area contributed by atoms with E-state index in [1.54, 1.807) is 11.3 Å². The SMILES string of the molecule is CN=C(NCCc1nccs1)N1CCCC2(CNC(=O)C2)C1. The fourth-order valence-electron chi connectivity index (χ4n) is 3.42. The standard InChI is InChI=1S/C15H23N5OS/c1-16-14(18-5-3-13-17-6-8-22-13)20-7-2-4-15(11-20)9-12(21)19-10-15/h6,8H,2-5,7,9-11H2,1H3,(H,16,18)(H,19,21). The highest BCUT2D eigenvalue weighted by Gasteiger charge is 2.42. The number of hydrogen-bond donors (Lipinski definition) is 2. The molecule has 2 aliphatic rings. The summed E-state index contributed by atoms with van der Waals surface area (Å²) in [5.74, 6) is 1.13. The van der Waals surface area contributed by atoms with Gasteiger partial charge in [-0.3, -0.25) is 9.79 Å². The monoisotopic (exact) mass is 321 g/mol. The van der Waals surface area contributed by atoms with Crippen LogP contribution in [-0.2, 0) is 11.2 Å². The molecule has 1 spiro atoms. The number of guanidine groups is 1. The number of nitrogens with zero attached hydrogens (tertiary/aromatic N) is 3. The van der Waals surface area contributed by atoms with Crippen LogP contribution in [0.1, 0.15) is 24.3 Å². The topological polar surface area (TPSA) is 69.6 Å². The molecular weight excluding hydrogens is 298 g/mol. The zero-order valence-corrected chi connectivity index (χ0v) is 13.8. The van der Waals surface area contributed by atoms with Crippen LogP contribution in [0.5, 0.6) is 0 Å². The lowest BCUT2D eigenvalue weighted by atomic mass is 9.79. The van der Waals surface area contributed by atoms with Crippen molar-refractivity contribution in [2.24, 2.45) is 10.4 Å². The minimum Gasteiger partial charge on any atom is -0.356 e. The second-order valence-corrected chi connectivity index (χ2v) is 7.11. The second-order valence-electron chi connectivity index (χ2n) is 6.13. The van der Waals surface area contributed by atoms with Crippen molar-refractivity contribution in [3.63, 3.8) is 0 Å². The summed E-state index contributed by atoms with van der Waals surface area (Å²) in [5.41, 5.74) is 0.0995. The van der Waals surface area contributed by atoms with Gasteiger partial charge in [0.1, 0.15) is 0 Å². The molecule has 7 heteroatoms. The Bertz CT molecular complexity index is 544. The first-order chi connectivity index (χ1) is 10.7. The Morgan fingerprint density at radius 1 is 1.64 bits per heavy atom. The molecule has 2 aliphatic heterocycles. The van der Waals surface area contributed by atoms with Gasteiger partial charge >= 0.3 is 0 Å². The highest BCUT2D eigenvalue weighted by atomic mass is 32.1. The molecule has 3 heterocycles. The molecule has 1 aromatic heterocycles. The molecule has 0 radical (unpaired) electrons. The summed E-state index contributed by atoms with van der Waals surface area (Å²) < 4.78 is 0. The minimum absolute atomic E-state index is 0.0995. The first-order valence-corrected chi connectivity index (χ1v) is 8.69. The van der Waals surface area contributed by atoms with E-state index in [1.807, 2.05) is 18.6 Å². The lowest BCUT2D eigenvalue weighted by molar-refractivity contribution is -0.119. The zero-order chi connectivity index (χ0) is 15.4. The molecule has 2 N–H and O–H groups in total. The lowest BCUT2D eigenvalue weighted by Gasteiger charge is -2.40. The van der Waals surface area contributed by atoms with Crippen LogP contribution >= 0.6 is 11.3 Å². The van der Waals surface area contributed by atoms with Gasteiger partial charge in [-0.2, -0.15) is 0 Å². The molecular formula is C15H23N5OS. The first-order valence-electron chi connectivity index (χ1n) is 7.81. The molecule has 22 heavy (non-hydrogen) atoms. The summed E-state index contributed by atoms with van der Waals surface area (Å²) in [6.45, 7) is 3.55. The van der Waals surface area contributed by atoms with Gasteiger partial charge in [-0.05, 0) is 12.8 Å². The number of likely N-dealkylation sites (tertiary alicyclic amines) is 1. The van der Waals surface area contributed by atoms with Crippen molar-refractivity contribution in [2.45, 2.75) is 25.7 Å². The van der Waals surface area contributed by atoms with Gasteiger partial charge in [-0.1, -0.05) is 0 Å². The van der Waals surface area contributed by atoms with Crippen molar-refractivity contribution >= 4 is 23.2 Å². The number of carbonyl (C=O) groups excluding carboxylic acids is 1. The fraction of sp³-hybridized carbons (Fsp3) is 0.667. The molecule has 120 valence electrons. The van der Waals surface area contributed by atoms with Crippen LogP contribution in [0.2, 0.25) is 0 Å². The largest absolute Gasteiger partial charge is 0.356 e. The predicted octanol–water partition coefficient (Wildman–Crippen LogP) is 0.863. The summed E-state index contributed by atoms with van der Waals surface area (Å²) >= 11 is 1.68. The van der Waals surface area contributed by atoms with Crippen LogP contribution in [0.25, 0.3) is 0 Å². The number of rotatable bonds is 3. The van der Waals surface area contributed by atoms with Gasteiger partial charge in [0.15, 0.2) is 5.96 Å². The van der Waals surface area contributed by atoms with Gasteiger partial charge in [0.2, 0.25) is 5.91 Å². The summed E-state index contributed by atoms with van der Waals surface area (Å²) in [5, 5.41) is 9.56. The average Bonchev–Trinajstić information content (AvgIpc) is 3.14. The third-order valence-electron chi connectivity index (χ3n) is 4.47. The highest BCUT2D eigenvalue weighted by Crippen LogP contribution is 2.35. The molecule has 1 aromatic rings. The smallest absolute Gasteiger partial charge is 0.220 e. The molecule has 2 saturated heterocycles. The van der Waals surface area contributed by atoms with Crippen LogP contribution in [-0.4, -0.2) is 55.0 Å². The minimum atomic E-state index is 0.0995. The van der Waals surface area contributed by atoms with E-state index in [2.05, 4.69) is 25.5 Å². The molecule has 6 nitrogen and oxygen atoms in total. The quantitative estimate of drug-likeness (QED) is 0.640. The zero-order valence-electron chi connectivity index (χ0n) is 13.0. The van der Waals surface area contributed by atoms with Gasteiger partial charge < -0.3 is 15.5 Å². The maximum absolute atomic E-state index is 11.6. The number of amides is 1. The summed E-state index contributed by atoms with van der Waals surface area (Å²) in [7, 11) is 1.82. The van der Waals surface area contributed by atoms with Crippen molar-refractivity contribution < 1.29 is 4.79 Å². The van der Waals surface area contributed by atoms with Crippen LogP contribution in [0, 0.1) is 5.41 Å². The lowest BCUT2D eigenvalue weighted by Crippen LogP contribution is -2.51. The van der Waals surface area contributed by atoms with Crippen molar-refractivity contribution in [3.8, 4) is 0 Å².